The third-order valence-corrected chi connectivity index (χ3v) is 5.72. The molecule has 0 aliphatic rings. The van der Waals surface area contributed by atoms with Gasteiger partial charge in [0, 0.05) is 13.0 Å². The Labute approximate surface area is 197 Å². The number of halogens is 1. The largest absolute Gasteiger partial charge is 0.490 e. The number of fused-ring (bicyclic) bond motifs is 1. The second-order valence-electron chi connectivity index (χ2n) is 7.59. The molecule has 0 fully saturated rings. The Morgan fingerprint density at radius 3 is 2.59 bits per heavy atom. The van der Waals surface area contributed by atoms with E-state index in [9.17, 15) is 0 Å². The average Bonchev–Trinajstić information content (AvgIpc) is 3.22. The summed E-state index contributed by atoms with van der Waals surface area (Å²) >= 11 is 3.67. The van der Waals surface area contributed by atoms with Gasteiger partial charge >= 0.3 is 0 Å². The Bertz CT molecular complexity index is 1110. The van der Waals surface area contributed by atoms with Gasteiger partial charge in [0.1, 0.15) is 12.4 Å². The molecular weight excluding hydrogens is 466 g/mol. The van der Waals surface area contributed by atoms with E-state index >= 15 is 0 Å². The predicted octanol–water partition coefficient (Wildman–Crippen LogP) is 6.03. The zero-order chi connectivity index (χ0) is 22.2. The van der Waals surface area contributed by atoms with Crippen molar-refractivity contribution in [3.05, 3.63) is 88.2 Å². The van der Waals surface area contributed by atoms with Gasteiger partial charge in [0.05, 0.1) is 22.1 Å². The molecule has 0 bridgehead atoms. The molecule has 0 spiro atoms. The summed E-state index contributed by atoms with van der Waals surface area (Å²) in [5.41, 5.74) is 4.39. The first kappa shape index (κ1) is 22.4. The minimum absolute atomic E-state index is 0.499. The van der Waals surface area contributed by atoms with E-state index in [1.54, 1.807) is 0 Å². The highest BCUT2D eigenvalue weighted by Crippen LogP contribution is 2.37. The average molecular weight is 494 g/mol. The lowest BCUT2D eigenvalue weighted by molar-refractivity contribution is 0.267. The number of nitrogens with one attached hydrogen (secondary N) is 2. The minimum atomic E-state index is 0.499. The maximum atomic E-state index is 6.08. The van der Waals surface area contributed by atoms with E-state index in [1.165, 1.54) is 0 Å². The van der Waals surface area contributed by atoms with Crippen LogP contribution in [-0.4, -0.2) is 23.1 Å². The highest BCUT2D eigenvalue weighted by Gasteiger charge is 2.13. The first-order valence-electron chi connectivity index (χ1n) is 11.0. The molecule has 0 aliphatic carbocycles. The molecule has 0 unspecified atom stereocenters. The number of imidazole rings is 1. The van der Waals surface area contributed by atoms with Crippen LogP contribution in [0, 0.1) is 0 Å². The van der Waals surface area contributed by atoms with Gasteiger partial charge < -0.3 is 19.8 Å². The van der Waals surface area contributed by atoms with Gasteiger partial charge in [0.2, 0.25) is 0 Å². The molecule has 1 heterocycles. The molecule has 0 saturated heterocycles. The number of ether oxygens (including phenoxy) is 2. The fourth-order valence-corrected chi connectivity index (χ4v) is 4.20. The van der Waals surface area contributed by atoms with E-state index in [4.69, 9.17) is 9.47 Å². The Hall–Kier alpha value is -2.83. The van der Waals surface area contributed by atoms with Crippen molar-refractivity contribution in [3.8, 4) is 11.5 Å². The van der Waals surface area contributed by atoms with Crippen LogP contribution in [0.25, 0.3) is 11.0 Å². The smallest absolute Gasteiger partial charge is 0.175 e. The highest BCUT2D eigenvalue weighted by atomic mass is 79.9. The van der Waals surface area contributed by atoms with Gasteiger partial charge in [-0.15, -0.1) is 0 Å². The van der Waals surface area contributed by atoms with Crippen molar-refractivity contribution in [1.82, 2.24) is 15.3 Å². The van der Waals surface area contributed by atoms with Crippen molar-refractivity contribution in [3.63, 3.8) is 0 Å². The number of aryl methyl sites for hydroxylation is 1. The first-order chi connectivity index (χ1) is 15.7. The van der Waals surface area contributed by atoms with Crippen LogP contribution in [0.1, 0.15) is 30.3 Å². The van der Waals surface area contributed by atoms with Gasteiger partial charge in [-0.25, -0.2) is 4.98 Å². The van der Waals surface area contributed by atoms with Gasteiger partial charge in [-0.05, 0) is 71.2 Å². The lowest BCUT2D eigenvalue weighted by atomic mass is 10.2. The van der Waals surface area contributed by atoms with Gasteiger partial charge in [0.15, 0.2) is 11.5 Å². The van der Waals surface area contributed by atoms with Crippen LogP contribution >= 0.6 is 15.9 Å². The summed E-state index contributed by atoms with van der Waals surface area (Å²) in [6.45, 7) is 4.74. The van der Waals surface area contributed by atoms with Crippen LogP contribution in [0.3, 0.4) is 0 Å². The van der Waals surface area contributed by atoms with Gasteiger partial charge in [0.25, 0.3) is 0 Å². The summed E-state index contributed by atoms with van der Waals surface area (Å²) in [5.74, 6) is 2.54. The number of nitrogens with zero attached hydrogens (tertiary/aromatic N) is 1. The number of benzene rings is 3. The number of rotatable bonds is 11. The summed E-state index contributed by atoms with van der Waals surface area (Å²) in [6, 6.07) is 22.4. The molecule has 3 aromatic carbocycles. The van der Waals surface area contributed by atoms with Gasteiger partial charge in [-0.2, -0.15) is 0 Å². The molecule has 166 valence electrons. The normalized spacial score (nSPS) is 11.1. The van der Waals surface area contributed by atoms with Crippen LogP contribution in [-0.2, 0) is 19.6 Å². The fraction of sp³-hybridized carbons (Fsp3) is 0.269. The van der Waals surface area contributed by atoms with E-state index in [0.29, 0.717) is 13.2 Å². The Morgan fingerprint density at radius 2 is 1.78 bits per heavy atom. The van der Waals surface area contributed by atoms with Crippen molar-refractivity contribution in [2.24, 2.45) is 0 Å². The van der Waals surface area contributed by atoms with Crippen molar-refractivity contribution in [2.45, 2.75) is 32.9 Å². The third kappa shape index (κ3) is 5.90. The number of para-hydroxylation sites is 2. The van der Waals surface area contributed by atoms with Crippen LogP contribution in [0.2, 0.25) is 0 Å². The molecule has 0 atom stereocenters. The molecule has 32 heavy (non-hydrogen) atoms. The van der Waals surface area contributed by atoms with Crippen LogP contribution in [0.5, 0.6) is 11.5 Å². The molecule has 2 N–H and O–H groups in total. The number of H-pyrrole nitrogens is 1. The molecule has 0 saturated carbocycles. The fourth-order valence-electron chi connectivity index (χ4n) is 3.59. The number of hydrogen-bond acceptors (Lipinski definition) is 4. The molecule has 5 nitrogen and oxygen atoms in total. The number of aromatic amines is 1. The van der Waals surface area contributed by atoms with Crippen molar-refractivity contribution >= 4 is 27.0 Å². The van der Waals surface area contributed by atoms with Gasteiger partial charge in [-0.3, -0.25) is 0 Å². The summed E-state index contributed by atoms with van der Waals surface area (Å²) < 4.78 is 12.8. The zero-order valence-electron chi connectivity index (χ0n) is 18.2. The summed E-state index contributed by atoms with van der Waals surface area (Å²) in [5, 5.41) is 3.52. The van der Waals surface area contributed by atoms with E-state index < -0.39 is 0 Å². The second-order valence-corrected chi connectivity index (χ2v) is 8.45. The van der Waals surface area contributed by atoms with Crippen LogP contribution in [0.15, 0.2) is 71.2 Å². The maximum absolute atomic E-state index is 6.08. The molecule has 0 aliphatic heterocycles. The highest BCUT2D eigenvalue weighted by molar-refractivity contribution is 9.10. The molecule has 0 amide bonds. The monoisotopic (exact) mass is 493 g/mol. The van der Waals surface area contributed by atoms with E-state index in [0.717, 1.165) is 69.9 Å². The predicted molar refractivity (Wildman–Crippen MR) is 132 cm³/mol. The Kier molecular flexibility index (Phi) is 7.80. The number of aromatic nitrogens is 2. The molecule has 1 aromatic heterocycles. The van der Waals surface area contributed by atoms with Crippen LogP contribution in [0.4, 0.5) is 0 Å². The van der Waals surface area contributed by atoms with Crippen LogP contribution < -0.4 is 14.8 Å². The SMILES string of the molecule is CCOc1cc(CNCCCc2nc3ccccc3[nH]2)cc(Br)c1OCc1ccccc1. The Morgan fingerprint density at radius 1 is 0.969 bits per heavy atom. The van der Waals surface area contributed by atoms with Crippen molar-refractivity contribution < 1.29 is 9.47 Å². The summed E-state index contributed by atoms with van der Waals surface area (Å²) in [4.78, 5) is 8.03. The Balaban J connectivity index is 1.30. The van der Waals surface area contributed by atoms with Crippen molar-refractivity contribution in [1.29, 1.82) is 0 Å². The van der Waals surface area contributed by atoms with Crippen molar-refractivity contribution in [2.75, 3.05) is 13.2 Å². The molecule has 4 aromatic rings. The molecular formula is C26H28BrN3O2. The molecule has 6 heteroatoms. The molecule has 4 rings (SSSR count). The lowest BCUT2D eigenvalue weighted by Gasteiger charge is -2.16. The van der Waals surface area contributed by atoms with E-state index in [-0.39, 0.29) is 0 Å². The number of hydrogen-bond donors (Lipinski definition) is 2. The summed E-state index contributed by atoms with van der Waals surface area (Å²) in [6.07, 6.45) is 1.93. The van der Waals surface area contributed by atoms with E-state index in [2.05, 4.69) is 61.5 Å². The first-order valence-corrected chi connectivity index (χ1v) is 11.8. The van der Waals surface area contributed by atoms with Gasteiger partial charge in [-0.1, -0.05) is 42.5 Å². The summed E-state index contributed by atoms with van der Waals surface area (Å²) in [7, 11) is 0. The molecule has 0 radical (unpaired) electrons. The minimum Gasteiger partial charge on any atom is -0.490 e. The zero-order valence-corrected chi connectivity index (χ0v) is 19.8. The quantitative estimate of drug-likeness (QED) is 0.250. The third-order valence-electron chi connectivity index (χ3n) is 5.13. The maximum Gasteiger partial charge on any atom is 0.175 e. The second kappa shape index (κ2) is 11.2. The van der Waals surface area contributed by atoms with E-state index in [1.807, 2.05) is 43.3 Å². The topological polar surface area (TPSA) is 59.2 Å². The lowest BCUT2D eigenvalue weighted by Crippen LogP contribution is -2.15. The standard InChI is InChI=1S/C26H28BrN3O2/c1-2-31-24-16-20(15-21(27)26(24)32-18-19-9-4-3-5-10-19)17-28-14-8-13-25-29-22-11-6-7-12-23(22)30-25/h3-7,9-12,15-16,28H,2,8,13-14,17-18H2,1H3,(H,29,30).